The van der Waals surface area contributed by atoms with Gasteiger partial charge in [0.1, 0.15) is 11.6 Å². The first-order valence-corrected chi connectivity index (χ1v) is 7.40. The molecule has 130 valence electrons. The normalized spacial score (nSPS) is 11.2. The van der Waals surface area contributed by atoms with Crippen molar-refractivity contribution in [3.05, 3.63) is 61.5 Å². The van der Waals surface area contributed by atoms with Crippen LogP contribution in [0.25, 0.3) is 11.2 Å². The topological polar surface area (TPSA) is 78.9 Å². The average Bonchev–Trinajstić information content (AvgIpc) is 2.90. The van der Waals surface area contributed by atoms with Crippen LogP contribution in [-0.4, -0.2) is 24.5 Å². The molecule has 0 radical (unpaired) electrons. The van der Waals surface area contributed by atoms with E-state index in [4.69, 9.17) is 11.6 Å². The Kier molecular flexibility index (Phi) is 4.03. The number of halogens is 3. The summed E-state index contributed by atoms with van der Waals surface area (Å²) in [6.07, 6.45) is 0. The second-order valence-electron chi connectivity index (χ2n) is 5.39. The Labute approximate surface area is 143 Å². The summed E-state index contributed by atoms with van der Waals surface area (Å²) in [7, 11) is 2.66. The van der Waals surface area contributed by atoms with Crippen LogP contribution in [0, 0.1) is 11.6 Å². The molecule has 0 aliphatic heterocycles. The Morgan fingerprint density at radius 2 is 1.88 bits per heavy atom. The van der Waals surface area contributed by atoms with Crippen molar-refractivity contribution >= 4 is 28.5 Å². The molecule has 0 amide bonds. The largest absolute Gasteiger partial charge is 0.332 e. The van der Waals surface area contributed by atoms with Crippen LogP contribution < -0.4 is 11.2 Å². The number of ketones is 1. The quantitative estimate of drug-likeness (QED) is 0.515. The fourth-order valence-electron chi connectivity index (χ4n) is 2.50. The number of benzene rings is 1. The Balaban J connectivity index is 2.19. The zero-order chi connectivity index (χ0) is 18.5. The van der Waals surface area contributed by atoms with Gasteiger partial charge in [0, 0.05) is 14.1 Å². The van der Waals surface area contributed by atoms with Gasteiger partial charge in [0.2, 0.25) is 5.28 Å². The summed E-state index contributed by atoms with van der Waals surface area (Å²) in [6.45, 7) is -0.539. The number of rotatable bonds is 3. The van der Waals surface area contributed by atoms with E-state index >= 15 is 0 Å². The molecule has 1 aromatic carbocycles. The third kappa shape index (κ3) is 2.66. The van der Waals surface area contributed by atoms with Crippen molar-refractivity contribution in [2.24, 2.45) is 14.1 Å². The van der Waals surface area contributed by atoms with Gasteiger partial charge in [-0.05, 0) is 29.8 Å². The minimum atomic E-state index is -0.896. The molecular formula is C15H11ClF2N4O3. The van der Waals surface area contributed by atoms with E-state index in [0.717, 1.165) is 31.9 Å². The smallest absolute Gasteiger partial charge is 0.301 e. The van der Waals surface area contributed by atoms with Crippen molar-refractivity contribution in [1.29, 1.82) is 0 Å². The van der Waals surface area contributed by atoms with Crippen molar-refractivity contribution < 1.29 is 13.6 Å². The van der Waals surface area contributed by atoms with Crippen molar-refractivity contribution in [3.8, 4) is 0 Å². The fraction of sp³-hybridized carbons (Fsp3) is 0.200. The van der Waals surface area contributed by atoms with Crippen molar-refractivity contribution in [1.82, 2.24) is 18.7 Å². The van der Waals surface area contributed by atoms with E-state index in [0.29, 0.717) is 0 Å². The second-order valence-corrected chi connectivity index (χ2v) is 5.73. The third-order valence-electron chi connectivity index (χ3n) is 3.83. The van der Waals surface area contributed by atoms with Gasteiger partial charge >= 0.3 is 5.69 Å². The monoisotopic (exact) mass is 368 g/mol. The molecule has 3 rings (SSSR count). The zero-order valence-electron chi connectivity index (χ0n) is 13.1. The summed E-state index contributed by atoms with van der Waals surface area (Å²) in [6, 6.07) is 2.48. The van der Waals surface area contributed by atoms with Gasteiger partial charge < -0.3 is 4.57 Å². The number of hydrogen-bond acceptors (Lipinski definition) is 4. The molecule has 0 N–H and O–H groups in total. The summed E-state index contributed by atoms with van der Waals surface area (Å²) >= 11 is 5.99. The summed E-state index contributed by atoms with van der Waals surface area (Å²) in [5, 5.41) is -0.224. The van der Waals surface area contributed by atoms with E-state index in [2.05, 4.69) is 4.98 Å². The molecular weight excluding hydrogens is 358 g/mol. The summed E-state index contributed by atoms with van der Waals surface area (Å²) in [5.74, 6) is -2.47. The van der Waals surface area contributed by atoms with E-state index in [1.54, 1.807) is 0 Å². The molecule has 0 saturated heterocycles. The van der Waals surface area contributed by atoms with Gasteiger partial charge in [-0.3, -0.25) is 18.7 Å². The molecule has 0 aliphatic rings. The lowest BCUT2D eigenvalue weighted by molar-refractivity contribution is 0.0969. The van der Waals surface area contributed by atoms with Gasteiger partial charge in [0.25, 0.3) is 5.56 Å². The number of imidazole rings is 1. The van der Waals surface area contributed by atoms with E-state index in [9.17, 15) is 23.2 Å². The summed E-state index contributed by atoms with van der Waals surface area (Å²) in [4.78, 5) is 40.5. The summed E-state index contributed by atoms with van der Waals surface area (Å²) in [5.41, 5.74) is -1.88. The molecule has 25 heavy (non-hydrogen) atoms. The number of nitrogens with zero attached hydrogens (tertiary/aromatic N) is 4. The Morgan fingerprint density at radius 1 is 1.20 bits per heavy atom. The minimum Gasteiger partial charge on any atom is -0.301 e. The van der Waals surface area contributed by atoms with Crippen LogP contribution in [0.2, 0.25) is 5.28 Å². The third-order valence-corrected chi connectivity index (χ3v) is 4.12. The maximum Gasteiger partial charge on any atom is 0.332 e. The van der Waals surface area contributed by atoms with Crippen LogP contribution in [0.4, 0.5) is 8.78 Å². The van der Waals surface area contributed by atoms with Crippen LogP contribution >= 0.6 is 11.6 Å². The van der Waals surface area contributed by atoms with Crippen LogP contribution in [0.15, 0.2) is 27.8 Å². The van der Waals surface area contributed by atoms with Crippen LogP contribution in [0.3, 0.4) is 0 Å². The maximum atomic E-state index is 13.8. The first-order chi connectivity index (χ1) is 11.7. The Bertz CT molecular complexity index is 1150. The number of carbonyl (C=O) groups is 1. The molecule has 0 aliphatic carbocycles. The Hall–Kier alpha value is -2.81. The van der Waals surface area contributed by atoms with Crippen LogP contribution in [0.1, 0.15) is 10.4 Å². The molecule has 0 fully saturated rings. The number of aryl methyl sites for hydroxylation is 1. The number of aromatic nitrogens is 4. The predicted octanol–water partition coefficient (Wildman–Crippen LogP) is 1.25. The highest BCUT2D eigenvalue weighted by molar-refractivity contribution is 6.29. The first kappa shape index (κ1) is 17.0. The number of Topliss-reactive ketones (excluding diaryl/α,β-unsaturated/α-hetero) is 1. The zero-order valence-corrected chi connectivity index (χ0v) is 13.8. The molecule has 0 spiro atoms. The van der Waals surface area contributed by atoms with Crippen LogP contribution in [0.5, 0.6) is 0 Å². The molecule has 10 heteroatoms. The molecule has 0 bridgehead atoms. The molecule has 3 aromatic rings. The van der Waals surface area contributed by atoms with E-state index in [1.165, 1.54) is 14.1 Å². The first-order valence-electron chi connectivity index (χ1n) is 7.02. The molecule has 0 saturated carbocycles. The van der Waals surface area contributed by atoms with E-state index in [-0.39, 0.29) is 16.4 Å². The van der Waals surface area contributed by atoms with Gasteiger partial charge in [0.15, 0.2) is 16.9 Å². The predicted molar refractivity (Wildman–Crippen MR) is 85.9 cm³/mol. The highest BCUT2D eigenvalue weighted by atomic mass is 35.5. The van der Waals surface area contributed by atoms with Gasteiger partial charge in [-0.15, -0.1) is 0 Å². The minimum absolute atomic E-state index is 0.00869. The van der Waals surface area contributed by atoms with Gasteiger partial charge in [-0.2, -0.15) is 4.98 Å². The van der Waals surface area contributed by atoms with Crippen molar-refractivity contribution in [3.63, 3.8) is 0 Å². The second kappa shape index (κ2) is 5.92. The highest BCUT2D eigenvalue weighted by Gasteiger charge is 2.21. The molecule has 2 aromatic heterocycles. The van der Waals surface area contributed by atoms with Gasteiger partial charge in [-0.1, -0.05) is 0 Å². The Morgan fingerprint density at radius 3 is 2.56 bits per heavy atom. The maximum absolute atomic E-state index is 13.8. The lowest BCUT2D eigenvalue weighted by atomic mass is 10.1. The number of carbonyl (C=O) groups excluding carboxylic acids is 1. The van der Waals surface area contributed by atoms with Crippen LogP contribution in [-0.2, 0) is 20.6 Å². The van der Waals surface area contributed by atoms with Crippen molar-refractivity contribution in [2.75, 3.05) is 0 Å². The van der Waals surface area contributed by atoms with E-state index < -0.39 is 40.8 Å². The molecule has 0 unspecified atom stereocenters. The average molecular weight is 369 g/mol. The van der Waals surface area contributed by atoms with E-state index in [1.807, 2.05) is 0 Å². The lowest BCUT2D eigenvalue weighted by Crippen LogP contribution is -2.37. The van der Waals surface area contributed by atoms with Gasteiger partial charge in [-0.25, -0.2) is 13.6 Å². The van der Waals surface area contributed by atoms with Crippen molar-refractivity contribution in [2.45, 2.75) is 6.54 Å². The lowest BCUT2D eigenvalue weighted by Gasteiger charge is -2.07. The summed E-state index contributed by atoms with van der Waals surface area (Å²) < 4.78 is 30.0. The highest BCUT2D eigenvalue weighted by Crippen LogP contribution is 2.18. The molecule has 7 nitrogen and oxygen atoms in total. The number of hydrogen-bond donors (Lipinski definition) is 0. The molecule has 2 heterocycles. The molecule has 0 atom stereocenters. The SMILES string of the molecule is Cn1c(=O)c2c(nc(Cl)n2CC(=O)c2cc(F)ccc2F)n(C)c1=O. The van der Waals surface area contributed by atoms with Gasteiger partial charge in [0.05, 0.1) is 12.1 Å². The fourth-order valence-corrected chi connectivity index (χ4v) is 2.73. The number of fused-ring (bicyclic) bond motifs is 1. The standard InChI is InChI=1S/C15H11ClF2N4O3/c1-20-12-11(13(24)21(2)15(20)25)22(14(16)19-12)6-10(23)8-5-7(17)3-4-9(8)18/h3-5H,6H2,1-2H3.